The summed E-state index contributed by atoms with van der Waals surface area (Å²) in [4.78, 5) is 13.9. The molecule has 0 spiro atoms. The molecule has 1 amide bonds. The van der Waals surface area contributed by atoms with Crippen molar-refractivity contribution in [3.05, 3.63) is 0 Å². The number of fused-ring (bicyclic) bond motifs is 2. The van der Waals surface area contributed by atoms with Crippen molar-refractivity contribution in [3.8, 4) is 0 Å². The van der Waals surface area contributed by atoms with Gasteiger partial charge >= 0.3 is 6.09 Å². The van der Waals surface area contributed by atoms with Gasteiger partial charge in [-0.15, -0.1) is 0 Å². The van der Waals surface area contributed by atoms with Gasteiger partial charge in [0.25, 0.3) is 0 Å². The summed E-state index contributed by atoms with van der Waals surface area (Å²) in [6.45, 7) is 7.58. The molecule has 0 radical (unpaired) electrons. The van der Waals surface area contributed by atoms with Crippen molar-refractivity contribution < 1.29 is 14.6 Å². The third-order valence-electron chi connectivity index (χ3n) is 3.87. The zero-order valence-corrected chi connectivity index (χ0v) is 11.7. The van der Waals surface area contributed by atoms with Crippen LogP contribution in [0.5, 0.6) is 0 Å². The van der Waals surface area contributed by atoms with Gasteiger partial charge in [0.15, 0.2) is 0 Å². The Balaban J connectivity index is 1.92. The third kappa shape index (κ3) is 3.37. The van der Waals surface area contributed by atoms with Gasteiger partial charge < -0.3 is 14.7 Å². The van der Waals surface area contributed by atoms with E-state index in [0.717, 1.165) is 25.9 Å². The molecule has 2 fully saturated rings. The number of amides is 1. The molecule has 2 unspecified atom stereocenters. The molecular formula is C14H25NO3. The summed E-state index contributed by atoms with van der Waals surface area (Å²) in [7, 11) is 0. The molecule has 1 aliphatic carbocycles. The molecule has 0 aromatic carbocycles. The van der Waals surface area contributed by atoms with Crippen molar-refractivity contribution >= 4 is 6.09 Å². The highest BCUT2D eigenvalue weighted by Crippen LogP contribution is 2.38. The second-order valence-corrected chi connectivity index (χ2v) is 6.87. The molecule has 4 nitrogen and oxygen atoms in total. The van der Waals surface area contributed by atoms with Crippen LogP contribution in [0.3, 0.4) is 0 Å². The second-order valence-electron chi connectivity index (χ2n) is 6.87. The molecule has 4 heteroatoms. The van der Waals surface area contributed by atoms with Crippen LogP contribution in [-0.2, 0) is 4.74 Å². The quantitative estimate of drug-likeness (QED) is 0.782. The van der Waals surface area contributed by atoms with E-state index in [-0.39, 0.29) is 6.09 Å². The van der Waals surface area contributed by atoms with E-state index in [1.54, 1.807) is 0 Å². The molecule has 1 saturated heterocycles. The lowest BCUT2D eigenvalue weighted by atomic mass is 9.73. The van der Waals surface area contributed by atoms with Crippen LogP contribution in [-0.4, -0.2) is 41.4 Å². The number of hydrogen-bond donors (Lipinski definition) is 1. The van der Waals surface area contributed by atoms with Crippen LogP contribution < -0.4 is 0 Å². The third-order valence-corrected chi connectivity index (χ3v) is 3.87. The number of carbonyl (C=O) groups is 1. The Bertz CT molecular complexity index is 297. The van der Waals surface area contributed by atoms with Gasteiger partial charge in [0.2, 0.25) is 0 Å². The summed E-state index contributed by atoms with van der Waals surface area (Å²) in [6, 6.07) is 0. The average Bonchev–Trinajstić information content (AvgIpc) is 2.25. The molecule has 2 bridgehead atoms. The Morgan fingerprint density at radius 1 is 1.22 bits per heavy atom. The summed E-state index contributed by atoms with van der Waals surface area (Å²) in [5.74, 6) is 1.53. The lowest BCUT2D eigenvalue weighted by Crippen LogP contribution is -2.49. The summed E-state index contributed by atoms with van der Waals surface area (Å²) in [5, 5.41) is 9.27. The number of ether oxygens (including phenoxy) is 1. The fraction of sp³-hybridized carbons (Fsp3) is 0.929. The minimum absolute atomic E-state index is 0.181. The van der Waals surface area contributed by atoms with E-state index >= 15 is 0 Å². The molecule has 2 rings (SSSR count). The van der Waals surface area contributed by atoms with Crippen LogP contribution in [0.15, 0.2) is 0 Å². The van der Waals surface area contributed by atoms with E-state index in [1.807, 2.05) is 25.7 Å². The minimum atomic E-state index is -0.419. The highest BCUT2D eigenvalue weighted by molar-refractivity contribution is 5.68. The smallest absolute Gasteiger partial charge is 0.410 e. The largest absolute Gasteiger partial charge is 0.444 e. The maximum atomic E-state index is 12.1. The molecule has 18 heavy (non-hydrogen) atoms. The Morgan fingerprint density at radius 3 is 2.22 bits per heavy atom. The molecule has 104 valence electrons. The Labute approximate surface area is 109 Å². The molecule has 0 aromatic heterocycles. The van der Waals surface area contributed by atoms with E-state index in [4.69, 9.17) is 4.74 Å². The molecule has 2 atom stereocenters. The SMILES string of the molecule is CC(C)(C)OC(=O)N1CC2CC(CO)CC(C2)C1. The van der Waals surface area contributed by atoms with Crippen molar-refractivity contribution in [2.24, 2.45) is 17.8 Å². The highest BCUT2D eigenvalue weighted by atomic mass is 16.6. The van der Waals surface area contributed by atoms with Crippen LogP contribution in [0.4, 0.5) is 4.79 Å². The number of aliphatic hydroxyl groups is 1. The average molecular weight is 255 g/mol. The van der Waals surface area contributed by atoms with Gasteiger partial charge in [-0.1, -0.05) is 0 Å². The van der Waals surface area contributed by atoms with E-state index in [9.17, 15) is 9.90 Å². The van der Waals surface area contributed by atoms with Crippen LogP contribution >= 0.6 is 0 Å². The van der Waals surface area contributed by atoms with Crippen molar-refractivity contribution in [3.63, 3.8) is 0 Å². The van der Waals surface area contributed by atoms with Gasteiger partial charge in [-0.2, -0.15) is 0 Å². The van der Waals surface area contributed by atoms with Crippen molar-refractivity contribution in [1.82, 2.24) is 4.90 Å². The maximum absolute atomic E-state index is 12.1. The first-order valence-electron chi connectivity index (χ1n) is 6.96. The van der Waals surface area contributed by atoms with Crippen molar-refractivity contribution in [2.75, 3.05) is 19.7 Å². The standard InChI is InChI=1S/C14H25NO3/c1-14(2,3)18-13(17)15-7-10-4-11(8-15)6-12(5-10)9-16/h10-12,16H,4-9H2,1-3H3. The lowest BCUT2D eigenvalue weighted by molar-refractivity contribution is -0.00656. The fourth-order valence-electron chi connectivity index (χ4n) is 3.32. The molecule has 1 heterocycles. The fourth-order valence-corrected chi connectivity index (χ4v) is 3.32. The predicted molar refractivity (Wildman–Crippen MR) is 69.2 cm³/mol. The number of hydrogen-bond acceptors (Lipinski definition) is 3. The molecule has 2 aliphatic rings. The van der Waals surface area contributed by atoms with Crippen molar-refractivity contribution in [1.29, 1.82) is 0 Å². The lowest BCUT2D eigenvalue weighted by Gasteiger charge is -2.44. The zero-order valence-electron chi connectivity index (χ0n) is 11.7. The van der Waals surface area contributed by atoms with Gasteiger partial charge in [-0.05, 0) is 57.8 Å². The van der Waals surface area contributed by atoms with Crippen LogP contribution in [0.1, 0.15) is 40.0 Å². The van der Waals surface area contributed by atoms with E-state index in [2.05, 4.69) is 0 Å². The monoisotopic (exact) mass is 255 g/mol. The van der Waals surface area contributed by atoms with Gasteiger partial charge in [0, 0.05) is 19.7 Å². The highest BCUT2D eigenvalue weighted by Gasteiger charge is 2.37. The summed E-state index contributed by atoms with van der Waals surface area (Å²) >= 11 is 0. The predicted octanol–water partition coefficient (Wildman–Crippen LogP) is 2.26. The first kappa shape index (κ1) is 13.7. The van der Waals surface area contributed by atoms with E-state index in [1.165, 1.54) is 6.42 Å². The number of likely N-dealkylation sites (tertiary alicyclic amines) is 1. The minimum Gasteiger partial charge on any atom is -0.444 e. The van der Waals surface area contributed by atoms with Gasteiger partial charge in [0.05, 0.1) is 0 Å². The van der Waals surface area contributed by atoms with Crippen LogP contribution in [0.2, 0.25) is 0 Å². The summed E-state index contributed by atoms with van der Waals surface area (Å²) < 4.78 is 5.43. The van der Waals surface area contributed by atoms with Crippen LogP contribution in [0.25, 0.3) is 0 Å². The number of rotatable bonds is 1. The second kappa shape index (κ2) is 5.08. The van der Waals surface area contributed by atoms with E-state index < -0.39 is 5.60 Å². The first-order chi connectivity index (χ1) is 8.37. The normalized spacial score (nSPS) is 32.2. The first-order valence-corrected chi connectivity index (χ1v) is 6.96. The molecule has 0 aromatic rings. The van der Waals surface area contributed by atoms with E-state index in [0.29, 0.717) is 24.4 Å². The van der Waals surface area contributed by atoms with Gasteiger partial charge in [0.1, 0.15) is 5.60 Å². The number of carbonyl (C=O) groups excluding carboxylic acids is 1. The number of piperidine rings is 1. The maximum Gasteiger partial charge on any atom is 0.410 e. The Kier molecular flexibility index (Phi) is 3.85. The summed E-state index contributed by atoms with van der Waals surface area (Å²) in [6.07, 6.45) is 3.12. The van der Waals surface area contributed by atoms with Crippen molar-refractivity contribution in [2.45, 2.75) is 45.6 Å². The molecule has 1 saturated carbocycles. The molecular weight excluding hydrogens is 230 g/mol. The van der Waals surface area contributed by atoms with Crippen LogP contribution in [0, 0.1) is 17.8 Å². The molecule has 1 aliphatic heterocycles. The number of aliphatic hydroxyl groups excluding tert-OH is 1. The number of nitrogens with zero attached hydrogens (tertiary/aromatic N) is 1. The van der Waals surface area contributed by atoms with Gasteiger partial charge in [-0.25, -0.2) is 4.79 Å². The van der Waals surface area contributed by atoms with Gasteiger partial charge in [-0.3, -0.25) is 0 Å². The topological polar surface area (TPSA) is 49.8 Å². The Morgan fingerprint density at radius 2 is 1.78 bits per heavy atom. The molecule has 1 N–H and O–H groups in total. The summed E-state index contributed by atoms with van der Waals surface area (Å²) in [5.41, 5.74) is -0.419. The Hall–Kier alpha value is -0.770. The zero-order chi connectivity index (χ0) is 13.3.